The standard InChI is InChI=1S/C27H35N7O3.C24H29N7O3.C22H28N6O2/c1-4-29-27(35)21-7-9-33(12-11-32(3)16-20-5-6-24-25(13-20)37-18-36-24)23(14-21)22-15-26(31-19(2)30-22)34-10-8-28-17-34;1-17-27-19(13-23(28-17)31-15-25-14-26-31)20-6-4-3-5-10-30(20)24(32)29(2)11-9-18-7-8-21-22(12-18)34-16-33-21;1-25(14-17-5-6-20-21(12-17)30-16-29-20)10-11-27-8-3-4-18(27)19-13-24-22(26(19)2)28-9-7-23-15-28/h5-6,8,10,13,15,17,21,23H,4,7,9,11-12,14,16,18H2,1-3H3,(H,29,35);7-8,12-15,20H,3-6,9-11,16H2,1-2H3;5-7,9,12-13,15,18H,3-4,8,10-11,14,16H2,1-2H3. The molecule has 15 rings (SSSR count). The summed E-state index contributed by atoms with van der Waals surface area (Å²) < 4.78 is 40.4. The Kier molecular flexibility index (Phi) is 22.4. The maximum Gasteiger partial charge on any atom is 0.320 e. The summed E-state index contributed by atoms with van der Waals surface area (Å²) in [4.78, 5) is 75.5. The van der Waals surface area contributed by atoms with Gasteiger partial charge in [-0.3, -0.25) is 23.7 Å². The van der Waals surface area contributed by atoms with Gasteiger partial charge in [0.2, 0.25) is 32.2 Å². The lowest BCUT2D eigenvalue weighted by Gasteiger charge is -2.39. The molecule has 28 nitrogen and oxygen atoms in total. The van der Waals surface area contributed by atoms with E-state index in [0.717, 1.165) is 161 Å². The van der Waals surface area contributed by atoms with Crippen LogP contribution in [0.4, 0.5) is 4.79 Å². The maximum atomic E-state index is 13.6. The third kappa shape index (κ3) is 17.1. The highest BCUT2D eigenvalue weighted by Crippen LogP contribution is 2.39. The normalized spacial score (nSPS) is 18.5. The van der Waals surface area contributed by atoms with Crippen molar-refractivity contribution in [3.63, 3.8) is 0 Å². The summed E-state index contributed by atoms with van der Waals surface area (Å²) in [5.74, 6) is 8.67. The second-order valence-electron chi connectivity index (χ2n) is 26.6. The van der Waals surface area contributed by atoms with Gasteiger partial charge in [0, 0.05) is 116 Å². The Bertz CT molecular complexity index is 4210. The van der Waals surface area contributed by atoms with Gasteiger partial charge in [-0.05, 0) is 146 Å². The summed E-state index contributed by atoms with van der Waals surface area (Å²) in [7, 11) is 8.27. The molecule has 0 bridgehead atoms. The number of likely N-dealkylation sites (N-methyl/N-ethyl adjacent to an activating group) is 3. The van der Waals surface area contributed by atoms with E-state index < -0.39 is 0 Å². The predicted molar refractivity (Wildman–Crippen MR) is 375 cm³/mol. The fraction of sp³-hybridized carbons (Fsp3) is 0.466. The monoisotopic (exact) mass is 1380 g/mol. The number of hydrogen-bond donors (Lipinski definition) is 1. The van der Waals surface area contributed by atoms with Crippen LogP contribution < -0.4 is 33.7 Å². The van der Waals surface area contributed by atoms with Gasteiger partial charge in [0.1, 0.15) is 42.8 Å². The number of carbonyl (C=O) groups is 2. The third-order valence-electron chi connectivity index (χ3n) is 19.5. The molecule has 28 heteroatoms. The summed E-state index contributed by atoms with van der Waals surface area (Å²) in [5.41, 5.74) is 6.61. The van der Waals surface area contributed by atoms with Crippen molar-refractivity contribution in [1.82, 2.24) is 98.1 Å². The lowest BCUT2D eigenvalue weighted by molar-refractivity contribution is -0.127. The van der Waals surface area contributed by atoms with Crippen molar-refractivity contribution in [2.45, 2.75) is 110 Å². The summed E-state index contributed by atoms with van der Waals surface area (Å²) in [6.45, 7) is 16.1. The van der Waals surface area contributed by atoms with Crippen molar-refractivity contribution in [2.24, 2.45) is 13.0 Å². The van der Waals surface area contributed by atoms with E-state index in [1.165, 1.54) is 36.0 Å². The van der Waals surface area contributed by atoms with E-state index in [9.17, 15) is 9.59 Å². The van der Waals surface area contributed by atoms with Crippen LogP contribution in [0.15, 0.2) is 123 Å². The van der Waals surface area contributed by atoms with Gasteiger partial charge in [0.15, 0.2) is 40.3 Å². The molecule has 12 heterocycles. The largest absolute Gasteiger partial charge is 0.454 e. The van der Waals surface area contributed by atoms with Gasteiger partial charge >= 0.3 is 6.03 Å². The number of urea groups is 1. The van der Waals surface area contributed by atoms with Crippen LogP contribution in [0.5, 0.6) is 34.5 Å². The summed E-state index contributed by atoms with van der Waals surface area (Å²) >= 11 is 0. The molecule has 3 saturated heterocycles. The van der Waals surface area contributed by atoms with Crippen LogP contribution in [0, 0.1) is 19.8 Å². The molecule has 101 heavy (non-hydrogen) atoms. The van der Waals surface area contributed by atoms with Gasteiger partial charge in [0.05, 0.1) is 41.4 Å². The van der Waals surface area contributed by atoms with E-state index in [2.05, 4.69) is 110 Å². The van der Waals surface area contributed by atoms with Gasteiger partial charge < -0.3 is 57.9 Å². The molecule has 0 spiro atoms. The number of aryl methyl sites for hydroxylation is 2. The lowest BCUT2D eigenvalue weighted by Crippen LogP contribution is -2.44. The van der Waals surface area contributed by atoms with Crippen LogP contribution in [0.1, 0.15) is 122 Å². The molecular formula is C73H92N20O8. The second kappa shape index (κ2) is 32.5. The van der Waals surface area contributed by atoms with E-state index in [4.69, 9.17) is 38.4 Å². The fourth-order valence-electron chi connectivity index (χ4n) is 14.2. The zero-order chi connectivity index (χ0) is 69.8. The molecule has 0 radical (unpaired) electrons. The van der Waals surface area contributed by atoms with Crippen LogP contribution in [0.2, 0.25) is 0 Å². The molecule has 532 valence electrons. The maximum absolute atomic E-state index is 13.6. The van der Waals surface area contributed by atoms with E-state index >= 15 is 0 Å². The fourth-order valence-corrected chi connectivity index (χ4v) is 14.2. The zero-order valence-electron chi connectivity index (χ0n) is 58.9. The number of aromatic nitrogens is 13. The van der Waals surface area contributed by atoms with Crippen LogP contribution >= 0.6 is 0 Å². The number of benzene rings is 3. The Labute approximate surface area is 589 Å². The Hall–Kier alpha value is -10.0. The number of piperidine rings is 1. The quantitative estimate of drug-likeness (QED) is 0.0706. The molecular weight excluding hydrogens is 1280 g/mol. The average Bonchev–Trinajstić information content (AvgIpc) is 1.62. The number of amides is 3. The minimum atomic E-state index is -0.105. The van der Waals surface area contributed by atoms with Gasteiger partial charge in [-0.25, -0.2) is 49.3 Å². The molecule has 3 aromatic carbocycles. The summed E-state index contributed by atoms with van der Waals surface area (Å²) in [6, 6.07) is 22.6. The Balaban J connectivity index is 0.000000136. The molecule has 6 aliphatic heterocycles. The van der Waals surface area contributed by atoms with Gasteiger partial charge in [-0.2, -0.15) is 5.10 Å². The number of rotatable bonds is 21. The van der Waals surface area contributed by atoms with Crippen molar-refractivity contribution >= 4 is 11.9 Å². The highest BCUT2D eigenvalue weighted by molar-refractivity contribution is 5.78. The minimum Gasteiger partial charge on any atom is -0.454 e. The molecule has 9 aromatic rings. The van der Waals surface area contributed by atoms with Gasteiger partial charge in [-0.15, -0.1) is 0 Å². The number of imidazole rings is 3. The Morgan fingerprint density at radius 1 is 0.584 bits per heavy atom. The molecule has 1 N–H and O–H groups in total. The lowest BCUT2D eigenvalue weighted by atomic mass is 9.88. The van der Waals surface area contributed by atoms with Crippen LogP contribution in [0.3, 0.4) is 0 Å². The van der Waals surface area contributed by atoms with Crippen molar-refractivity contribution in [3.05, 3.63) is 168 Å². The smallest absolute Gasteiger partial charge is 0.320 e. The Morgan fingerprint density at radius 2 is 1.17 bits per heavy atom. The van der Waals surface area contributed by atoms with Crippen LogP contribution in [-0.4, -0.2) is 205 Å². The van der Waals surface area contributed by atoms with E-state index in [0.29, 0.717) is 49.9 Å². The molecule has 6 aliphatic rings. The van der Waals surface area contributed by atoms with E-state index in [1.807, 2.05) is 103 Å². The first-order valence-electron chi connectivity index (χ1n) is 35.1. The van der Waals surface area contributed by atoms with Gasteiger partial charge in [-0.1, -0.05) is 31.0 Å². The number of nitrogens with one attached hydrogen (secondary N) is 1. The molecule has 0 saturated carbocycles. The first kappa shape index (κ1) is 69.4. The van der Waals surface area contributed by atoms with Crippen LogP contribution in [0.25, 0.3) is 17.6 Å². The number of likely N-dealkylation sites (tertiary alicyclic amines) is 3. The molecule has 6 aromatic heterocycles. The molecule has 4 atom stereocenters. The summed E-state index contributed by atoms with van der Waals surface area (Å²) in [6.07, 6.45) is 24.7. The first-order chi connectivity index (χ1) is 49.3. The van der Waals surface area contributed by atoms with Crippen molar-refractivity contribution in [1.29, 1.82) is 0 Å². The van der Waals surface area contributed by atoms with Gasteiger partial charge in [0.25, 0.3) is 0 Å². The van der Waals surface area contributed by atoms with E-state index in [1.54, 1.807) is 41.0 Å². The number of carbonyl (C=O) groups excluding carboxylic acids is 2. The second-order valence-corrected chi connectivity index (χ2v) is 26.6. The van der Waals surface area contributed by atoms with Crippen molar-refractivity contribution in [3.8, 4) is 52.1 Å². The molecule has 3 fully saturated rings. The van der Waals surface area contributed by atoms with E-state index in [-0.39, 0.29) is 43.5 Å². The molecule has 3 amide bonds. The van der Waals surface area contributed by atoms with Crippen molar-refractivity contribution in [2.75, 3.05) is 100 Å². The van der Waals surface area contributed by atoms with Crippen molar-refractivity contribution < 1.29 is 38.0 Å². The van der Waals surface area contributed by atoms with Crippen LogP contribution in [-0.2, 0) is 31.4 Å². The highest BCUT2D eigenvalue weighted by Gasteiger charge is 2.36. The zero-order valence-corrected chi connectivity index (χ0v) is 58.9. The SMILES string of the molecule is CCNC(=O)C1CCN(CCN(C)Cc2ccc3c(c2)OCO3)C(c2cc(-n3ccnc3)nc(C)n2)C1.CN(CCN1CCCC1c1cnc(-n2ccnc2)n1C)Cc1ccc2c(c1)OCO2.Cc1nc(C2CCCCCN2C(=O)N(C)CCc2ccc3c(c2)OCO3)cc(-n2cncn2)n1. The minimum absolute atomic E-state index is 0.0196. The Morgan fingerprint density at radius 3 is 1.79 bits per heavy atom. The topological polar surface area (TPSA) is 257 Å². The molecule has 4 unspecified atom stereocenters. The number of fused-ring (bicyclic) bond motifs is 3. The predicted octanol–water partition coefficient (Wildman–Crippen LogP) is 8.63. The third-order valence-corrected chi connectivity index (χ3v) is 19.5. The molecule has 0 aliphatic carbocycles. The highest BCUT2D eigenvalue weighted by atomic mass is 16.7. The first-order valence-corrected chi connectivity index (χ1v) is 35.1. The summed E-state index contributed by atoms with van der Waals surface area (Å²) in [5, 5.41) is 7.21. The number of ether oxygens (including phenoxy) is 6. The average molecular weight is 1380 g/mol. The number of nitrogens with zero attached hydrogens (tertiary/aromatic N) is 19. The number of hydrogen-bond acceptors (Lipinski definition) is 21.